The van der Waals surface area contributed by atoms with Gasteiger partial charge < -0.3 is 14.7 Å². The largest absolute Gasteiger partial charge is 0.481 e. The van der Waals surface area contributed by atoms with Gasteiger partial charge >= 0.3 is 5.97 Å². The van der Waals surface area contributed by atoms with Crippen molar-refractivity contribution in [3.8, 4) is 0 Å². The molecule has 1 heterocycles. The zero-order valence-electron chi connectivity index (χ0n) is 11.2. The van der Waals surface area contributed by atoms with E-state index < -0.39 is 5.97 Å². The first-order valence-corrected chi connectivity index (χ1v) is 6.53. The van der Waals surface area contributed by atoms with Crippen LogP contribution in [0.3, 0.4) is 0 Å². The molecule has 4 nitrogen and oxygen atoms in total. The van der Waals surface area contributed by atoms with Crippen molar-refractivity contribution in [2.45, 2.75) is 27.2 Å². The van der Waals surface area contributed by atoms with Crippen LogP contribution < -0.4 is 0 Å². The SMILES string of the molecule is CC(C)CCOCCN1CC(C(C)C(=O)O)C1. The lowest BCUT2D eigenvalue weighted by molar-refractivity contribution is -0.145. The Bertz CT molecular complexity index is 237. The lowest BCUT2D eigenvalue weighted by Crippen LogP contribution is -2.51. The Balaban J connectivity index is 1.97. The van der Waals surface area contributed by atoms with Crippen molar-refractivity contribution < 1.29 is 14.6 Å². The fourth-order valence-corrected chi connectivity index (χ4v) is 1.92. The summed E-state index contributed by atoms with van der Waals surface area (Å²) in [5.41, 5.74) is 0. The molecule has 0 spiro atoms. The van der Waals surface area contributed by atoms with Gasteiger partial charge in [0.15, 0.2) is 0 Å². The predicted molar refractivity (Wildman–Crippen MR) is 67.0 cm³/mol. The number of aliphatic carboxylic acids is 1. The molecule has 1 aliphatic heterocycles. The molecule has 1 fully saturated rings. The van der Waals surface area contributed by atoms with Gasteiger partial charge in [0.2, 0.25) is 0 Å². The van der Waals surface area contributed by atoms with Gasteiger partial charge in [-0.25, -0.2) is 0 Å². The molecule has 0 saturated carbocycles. The van der Waals surface area contributed by atoms with E-state index in [2.05, 4.69) is 18.7 Å². The molecule has 0 bridgehead atoms. The van der Waals surface area contributed by atoms with Crippen molar-refractivity contribution in [3.63, 3.8) is 0 Å². The number of rotatable bonds is 8. The molecule has 0 radical (unpaired) electrons. The van der Waals surface area contributed by atoms with E-state index in [1.807, 2.05) is 0 Å². The van der Waals surface area contributed by atoms with Crippen LogP contribution in [0.4, 0.5) is 0 Å². The molecule has 1 saturated heterocycles. The maximum absolute atomic E-state index is 10.8. The second-order valence-corrected chi connectivity index (χ2v) is 5.44. The molecule has 0 aliphatic carbocycles. The summed E-state index contributed by atoms with van der Waals surface area (Å²) in [6, 6.07) is 0. The van der Waals surface area contributed by atoms with Crippen LogP contribution in [-0.2, 0) is 9.53 Å². The van der Waals surface area contributed by atoms with Gasteiger partial charge in [0.25, 0.3) is 0 Å². The normalized spacial score (nSPS) is 19.3. The average Bonchev–Trinajstić information content (AvgIpc) is 2.18. The Morgan fingerprint density at radius 2 is 2.00 bits per heavy atom. The Morgan fingerprint density at radius 1 is 1.35 bits per heavy atom. The average molecular weight is 243 g/mol. The Kier molecular flexibility index (Phi) is 5.92. The highest BCUT2D eigenvalue weighted by Gasteiger charge is 2.34. The molecule has 0 aromatic carbocycles. The first-order valence-electron chi connectivity index (χ1n) is 6.53. The molecule has 0 aromatic heterocycles. The van der Waals surface area contributed by atoms with E-state index in [1.54, 1.807) is 6.92 Å². The van der Waals surface area contributed by atoms with Crippen molar-refractivity contribution in [2.75, 3.05) is 32.8 Å². The van der Waals surface area contributed by atoms with Gasteiger partial charge in [-0.1, -0.05) is 20.8 Å². The monoisotopic (exact) mass is 243 g/mol. The van der Waals surface area contributed by atoms with E-state index >= 15 is 0 Å². The molecule has 1 N–H and O–H groups in total. The standard InChI is InChI=1S/C13H25NO3/c1-10(2)4-6-17-7-5-14-8-12(9-14)11(3)13(15)16/h10-12H,4-9H2,1-3H3,(H,15,16). The fraction of sp³-hybridized carbons (Fsp3) is 0.923. The topological polar surface area (TPSA) is 49.8 Å². The van der Waals surface area contributed by atoms with Crippen molar-refractivity contribution >= 4 is 5.97 Å². The van der Waals surface area contributed by atoms with Crippen molar-refractivity contribution in [1.29, 1.82) is 0 Å². The third-order valence-electron chi connectivity index (χ3n) is 3.47. The summed E-state index contributed by atoms with van der Waals surface area (Å²) in [6.07, 6.45) is 1.11. The van der Waals surface area contributed by atoms with Gasteiger partial charge in [-0.15, -0.1) is 0 Å². The van der Waals surface area contributed by atoms with E-state index in [0.717, 1.165) is 39.3 Å². The lowest BCUT2D eigenvalue weighted by Gasteiger charge is -2.41. The predicted octanol–water partition coefficient (Wildman–Crippen LogP) is 1.70. The van der Waals surface area contributed by atoms with Crippen LogP contribution in [0.25, 0.3) is 0 Å². The third-order valence-corrected chi connectivity index (χ3v) is 3.47. The van der Waals surface area contributed by atoms with E-state index in [9.17, 15) is 4.79 Å². The maximum Gasteiger partial charge on any atom is 0.306 e. The summed E-state index contributed by atoms with van der Waals surface area (Å²) in [4.78, 5) is 13.0. The van der Waals surface area contributed by atoms with Crippen LogP contribution >= 0.6 is 0 Å². The highest BCUT2D eigenvalue weighted by atomic mass is 16.5. The number of carbonyl (C=O) groups is 1. The summed E-state index contributed by atoms with van der Waals surface area (Å²) in [6.45, 7) is 10.5. The summed E-state index contributed by atoms with van der Waals surface area (Å²) in [5, 5.41) is 8.86. The number of carboxylic acids is 1. The highest BCUT2D eigenvalue weighted by molar-refractivity contribution is 5.70. The van der Waals surface area contributed by atoms with Gasteiger partial charge in [0, 0.05) is 26.2 Å². The van der Waals surface area contributed by atoms with Crippen molar-refractivity contribution in [2.24, 2.45) is 17.8 Å². The maximum atomic E-state index is 10.8. The number of ether oxygens (including phenoxy) is 1. The summed E-state index contributed by atoms with van der Waals surface area (Å²) >= 11 is 0. The zero-order valence-corrected chi connectivity index (χ0v) is 11.2. The van der Waals surface area contributed by atoms with Crippen LogP contribution in [0.15, 0.2) is 0 Å². The zero-order chi connectivity index (χ0) is 12.8. The number of hydrogen-bond donors (Lipinski definition) is 1. The highest BCUT2D eigenvalue weighted by Crippen LogP contribution is 2.23. The second-order valence-electron chi connectivity index (χ2n) is 5.44. The van der Waals surface area contributed by atoms with Crippen LogP contribution in [0, 0.1) is 17.8 Å². The smallest absolute Gasteiger partial charge is 0.306 e. The van der Waals surface area contributed by atoms with Gasteiger partial charge in [0.1, 0.15) is 0 Å². The molecule has 17 heavy (non-hydrogen) atoms. The molecule has 100 valence electrons. The molecular weight excluding hydrogens is 218 g/mol. The molecule has 0 amide bonds. The Labute approximate surface area is 104 Å². The molecule has 1 rings (SSSR count). The van der Waals surface area contributed by atoms with Gasteiger partial charge in [0.05, 0.1) is 12.5 Å². The third kappa shape index (κ3) is 5.04. The molecule has 0 aromatic rings. The summed E-state index contributed by atoms with van der Waals surface area (Å²) < 4.78 is 5.54. The van der Waals surface area contributed by atoms with Crippen LogP contribution in [0.2, 0.25) is 0 Å². The second kappa shape index (κ2) is 6.97. The molecule has 1 atom stereocenters. The van der Waals surface area contributed by atoms with Crippen molar-refractivity contribution in [1.82, 2.24) is 4.90 Å². The fourth-order valence-electron chi connectivity index (χ4n) is 1.92. The Hall–Kier alpha value is -0.610. The van der Waals surface area contributed by atoms with Gasteiger partial charge in [-0.2, -0.15) is 0 Å². The lowest BCUT2D eigenvalue weighted by atomic mass is 9.87. The van der Waals surface area contributed by atoms with E-state index in [-0.39, 0.29) is 5.92 Å². The summed E-state index contributed by atoms with van der Waals surface area (Å²) in [7, 11) is 0. The first kappa shape index (κ1) is 14.5. The van der Waals surface area contributed by atoms with Crippen LogP contribution in [-0.4, -0.2) is 48.8 Å². The quantitative estimate of drug-likeness (QED) is 0.659. The first-order chi connectivity index (χ1) is 8.00. The van der Waals surface area contributed by atoms with E-state index in [0.29, 0.717) is 11.8 Å². The molecule has 1 aliphatic rings. The summed E-state index contributed by atoms with van der Waals surface area (Å²) in [5.74, 6) is 0.124. The van der Waals surface area contributed by atoms with E-state index in [4.69, 9.17) is 9.84 Å². The minimum absolute atomic E-state index is 0.215. The number of likely N-dealkylation sites (tertiary alicyclic amines) is 1. The van der Waals surface area contributed by atoms with Crippen LogP contribution in [0.1, 0.15) is 27.2 Å². The Morgan fingerprint density at radius 3 is 2.53 bits per heavy atom. The molecule has 4 heteroatoms. The number of hydrogen-bond acceptors (Lipinski definition) is 3. The van der Waals surface area contributed by atoms with Gasteiger partial charge in [-0.3, -0.25) is 4.79 Å². The minimum Gasteiger partial charge on any atom is -0.481 e. The molecular formula is C13H25NO3. The molecule has 1 unspecified atom stereocenters. The van der Waals surface area contributed by atoms with Gasteiger partial charge in [-0.05, 0) is 18.3 Å². The van der Waals surface area contributed by atoms with E-state index in [1.165, 1.54) is 0 Å². The number of nitrogens with zero attached hydrogens (tertiary/aromatic N) is 1. The minimum atomic E-state index is -0.678. The number of carboxylic acid groups (broad SMARTS) is 1. The van der Waals surface area contributed by atoms with Crippen molar-refractivity contribution in [3.05, 3.63) is 0 Å². The van der Waals surface area contributed by atoms with Crippen LogP contribution in [0.5, 0.6) is 0 Å².